The summed E-state index contributed by atoms with van der Waals surface area (Å²) in [6, 6.07) is 12.8. The van der Waals surface area contributed by atoms with Crippen LogP contribution >= 0.6 is 11.6 Å². The van der Waals surface area contributed by atoms with E-state index in [0.29, 0.717) is 54.3 Å². The van der Waals surface area contributed by atoms with Crippen LogP contribution < -0.4 is 4.74 Å². The van der Waals surface area contributed by atoms with Crippen molar-refractivity contribution in [1.82, 2.24) is 4.90 Å². The summed E-state index contributed by atoms with van der Waals surface area (Å²) in [5.41, 5.74) is 1.82. The lowest BCUT2D eigenvalue weighted by atomic mass is 9.82. The molecule has 4 nitrogen and oxygen atoms in total. The fourth-order valence-electron chi connectivity index (χ4n) is 3.82. The van der Waals surface area contributed by atoms with E-state index in [1.54, 1.807) is 18.2 Å². The molecule has 26 heavy (non-hydrogen) atoms. The molecular weight excluding hydrogens is 350 g/mol. The smallest absolute Gasteiger partial charge is 0.253 e. The second kappa shape index (κ2) is 6.44. The van der Waals surface area contributed by atoms with Crippen molar-refractivity contribution in [3.8, 4) is 5.75 Å². The molecule has 2 aliphatic heterocycles. The Balaban J connectivity index is 1.49. The molecule has 0 radical (unpaired) electrons. The van der Waals surface area contributed by atoms with Crippen molar-refractivity contribution in [3.63, 3.8) is 0 Å². The Morgan fingerprint density at radius 3 is 2.65 bits per heavy atom. The molecule has 2 heterocycles. The largest absolute Gasteiger partial charge is 0.486 e. The zero-order valence-corrected chi connectivity index (χ0v) is 15.4. The van der Waals surface area contributed by atoms with Gasteiger partial charge in [0, 0.05) is 36.5 Å². The second-order valence-electron chi connectivity index (χ2n) is 7.19. The van der Waals surface area contributed by atoms with Crippen molar-refractivity contribution in [2.24, 2.45) is 0 Å². The molecule has 0 aromatic heterocycles. The average molecular weight is 370 g/mol. The predicted molar refractivity (Wildman–Crippen MR) is 100 cm³/mol. The first kappa shape index (κ1) is 17.1. The minimum atomic E-state index is -0.513. The van der Waals surface area contributed by atoms with E-state index in [9.17, 15) is 9.59 Å². The van der Waals surface area contributed by atoms with Crippen molar-refractivity contribution in [2.75, 3.05) is 13.1 Å². The zero-order valence-electron chi connectivity index (χ0n) is 14.6. The van der Waals surface area contributed by atoms with E-state index in [-0.39, 0.29) is 11.7 Å². The summed E-state index contributed by atoms with van der Waals surface area (Å²) >= 11 is 5.99. The van der Waals surface area contributed by atoms with Crippen molar-refractivity contribution < 1.29 is 14.3 Å². The van der Waals surface area contributed by atoms with Gasteiger partial charge in [0.1, 0.15) is 11.4 Å². The van der Waals surface area contributed by atoms with Crippen molar-refractivity contribution >= 4 is 23.3 Å². The molecule has 2 aromatic rings. The molecule has 0 aliphatic carbocycles. The summed E-state index contributed by atoms with van der Waals surface area (Å²) in [4.78, 5) is 27.1. The van der Waals surface area contributed by atoms with Gasteiger partial charge in [-0.1, -0.05) is 29.3 Å². The lowest BCUT2D eigenvalue weighted by Crippen LogP contribution is -2.52. The number of hydrogen-bond donors (Lipinski definition) is 0. The molecule has 0 atom stereocenters. The third-order valence-corrected chi connectivity index (χ3v) is 5.51. The van der Waals surface area contributed by atoms with Gasteiger partial charge in [0.2, 0.25) is 0 Å². The molecule has 1 amide bonds. The molecule has 1 spiro atoms. The Hall–Kier alpha value is -2.33. The van der Waals surface area contributed by atoms with E-state index < -0.39 is 5.60 Å². The van der Waals surface area contributed by atoms with Crippen LogP contribution in [0.3, 0.4) is 0 Å². The number of nitrogens with zero attached hydrogens (tertiary/aromatic N) is 1. The fourth-order valence-corrected chi connectivity index (χ4v) is 4.00. The van der Waals surface area contributed by atoms with E-state index in [1.165, 1.54) is 0 Å². The highest BCUT2D eigenvalue weighted by molar-refractivity contribution is 6.31. The lowest BCUT2D eigenvalue weighted by Gasteiger charge is -2.44. The Kier molecular flexibility index (Phi) is 4.23. The second-order valence-corrected chi connectivity index (χ2v) is 7.62. The standard InChI is InChI=1S/C21H20ClNO3/c1-14-3-2-4-15(11-14)20(25)23-9-7-21(8-10-23)13-18(24)17-12-16(22)5-6-19(17)26-21/h2-6,11-12H,7-10,13H2,1H3. The number of rotatable bonds is 1. The molecular formula is C21H20ClNO3. The number of benzene rings is 2. The van der Waals surface area contributed by atoms with E-state index in [4.69, 9.17) is 16.3 Å². The van der Waals surface area contributed by atoms with Gasteiger partial charge in [0.15, 0.2) is 5.78 Å². The maximum Gasteiger partial charge on any atom is 0.253 e. The highest BCUT2D eigenvalue weighted by Crippen LogP contribution is 2.40. The first-order chi connectivity index (χ1) is 12.5. The van der Waals surface area contributed by atoms with Gasteiger partial charge in [-0.2, -0.15) is 0 Å². The van der Waals surface area contributed by atoms with Crippen LogP contribution in [0.5, 0.6) is 5.75 Å². The van der Waals surface area contributed by atoms with E-state index >= 15 is 0 Å². The van der Waals surface area contributed by atoms with Gasteiger partial charge in [0.25, 0.3) is 5.91 Å². The molecule has 0 bridgehead atoms. The minimum Gasteiger partial charge on any atom is -0.486 e. The number of hydrogen-bond acceptors (Lipinski definition) is 3. The molecule has 2 aromatic carbocycles. The van der Waals surface area contributed by atoms with Crippen LogP contribution in [0.25, 0.3) is 0 Å². The monoisotopic (exact) mass is 369 g/mol. The third kappa shape index (κ3) is 3.10. The molecule has 134 valence electrons. The lowest BCUT2D eigenvalue weighted by molar-refractivity contribution is -0.00570. The van der Waals surface area contributed by atoms with Crippen LogP contribution in [-0.4, -0.2) is 35.3 Å². The quantitative estimate of drug-likeness (QED) is 0.753. The number of fused-ring (bicyclic) bond motifs is 1. The van der Waals surface area contributed by atoms with Gasteiger partial charge in [-0.15, -0.1) is 0 Å². The Labute approximate surface area is 157 Å². The van der Waals surface area contributed by atoms with Gasteiger partial charge in [0.05, 0.1) is 12.0 Å². The third-order valence-electron chi connectivity index (χ3n) is 5.28. The zero-order chi connectivity index (χ0) is 18.3. The van der Waals surface area contributed by atoms with Gasteiger partial charge < -0.3 is 9.64 Å². The Bertz CT molecular complexity index is 885. The number of carbonyl (C=O) groups is 2. The van der Waals surface area contributed by atoms with Gasteiger partial charge in [-0.25, -0.2) is 0 Å². The summed E-state index contributed by atoms with van der Waals surface area (Å²) in [6.45, 7) is 3.15. The van der Waals surface area contributed by atoms with Crippen molar-refractivity contribution in [1.29, 1.82) is 0 Å². The molecule has 1 fully saturated rings. The molecule has 0 saturated carbocycles. The van der Waals surface area contributed by atoms with Crippen LogP contribution in [-0.2, 0) is 0 Å². The summed E-state index contributed by atoms with van der Waals surface area (Å²) < 4.78 is 6.22. The predicted octanol–water partition coefficient (Wildman–Crippen LogP) is 4.29. The number of Topliss-reactive ketones (excluding diaryl/α,β-unsaturated/α-hetero) is 1. The van der Waals surface area contributed by atoms with Crippen LogP contribution in [0.4, 0.5) is 0 Å². The molecule has 1 saturated heterocycles. The number of amides is 1. The summed E-state index contributed by atoms with van der Waals surface area (Å²) in [6.07, 6.45) is 1.64. The van der Waals surface area contributed by atoms with Gasteiger partial charge in [-0.05, 0) is 37.3 Å². The van der Waals surface area contributed by atoms with E-state index in [1.807, 2.05) is 36.1 Å². The summed E-state index contributed by atoms with van der Waals surface area (Å²) in [5.74, 6) is 0.703. The number of carbonyl (C=O) groups excluding carboxylic acids is 2. The van der Waals surface area contributed by atoms with E-state index in [2.05, 4.69) is 0 Å². The SMILES string of the molecule is Cc1cccc(C(=O)N2CCC3(CC2)CC(=O)c2cc(Cl)ccc2O3)c1. The topological polar surface area (TPSA) is 46.6 Å². The first-order valence-electron chi connectivity index (χ1n) is 8.84. The maximum atomic E-state index is 12.7. The summed E-state index contributed by atoms with van der Waals surface area (Å²) in [5, 5.41) is 0.537. The normalized spacial score (nSPS) is 18.4. The number of likely N-dealkylation sites (tertiary alicyclic amines) is 1. The molecule has 0 unspecified atom stereocenters. The molecule has 0 N–H and O–H groups in total. The number of ketones is 1. The first-order valence-corrected chi connectivity index (χ1v) is 9.21. The van der Waals surface area contributed by atoms with Gasteiger partial charge in [-0.3, -0.25) is 9.59 Å². The number of halogens is 1. The van der Waals surface area contributed by atoms with Crippen LogP contribution in [0.15, 0.2) is 42.5 Å². The molecule has 2 aliphatic rings. The van der Waals surface area contributed by atoms with Gasteiger partial charge >= 0.3 is 0 Å². The fraction of sp³-hybridized carbons (Fsp3) is 0.333. The average Bonchev–Trinajstić information content (AvgIpc) is 2.63. The van der Waals surface area contributed by atoms with Crippen LogP contribution in [0, 0.1) is 6.92 Å². The number of ether oxygens (including phenoxy) is 1. The van der Waals surface area contributed by atoms with Crippen molar-refractivity contribution in [3.05, 3.63) is 64.2 Å². The molecule has 4 rings (SSSR count). The summed E-state index contributed by atoms with van der Waals surface area (Å²) in [7, 11) is 0. The van der Waals surface area contributed by atoms with E-state index in [0.717, 1.165) is 5.56 Å². The highest BCUT2D eigenvalue weighted by atomic mass is 35.5. The van der Waals surface area contributed by atoms with Crippen LogP contribution in [0.1, 0.15) is 45.5 Å². The minimum absolute atomic E-state index is 0.0397. The highest BCUT2D eigenvalue weighted by Gasteiger charge is 2.43. The Morgan fingerprint density at radius 2 is 1.92 bits per heavy atom. The molecule has 5 heteroatoms. The Morgan fingerprint density at radius 1 is 1.15 bits per heavy atom. The number of piperidine rings is 1. The van der Waals surface area contributed by atoms with Crippen LogP contribution in [0.2, 0.25) is 5.02 Å². The maximum absolute atomic E-state index is 12.7. The number of aryl methyl sites for hydroxylation is 1. The van der Waals surface area contributed by atoms with Crippen molar-refractivity contribution in [2.45, 2.75) is 31.8 Å².